The van der Waals surface area contributed by atoms with Gasteiger partial charge in [-0.15, -0.1) is 0 Å². The number of carbonyl (C=O) groups excluding carboxylic acids is 1. The van der Waals surface area contributed by atoms with Gasteiger partial charge >= 0.3 is 5.97 Å². The SMILES string of the molecule is C[C@](CC(=O)Nc1ccccc1)(C(=O)O)c1ccccc1. The minimum Gasteiger partial charge on any atom is -0.481 e. The Morgan fingerprint density at radius 2 is 1.52 bits per heavy atom. The molecule has 0 bridgehead atoms. The lowest BCUT2D eigenvalue weighted by Gasteiger charge is -2.24. The minimum atomic E-state index is -1.25. The van der Waals surface area contributed by atoms with Gasteiger partial charge in [-0.25, -0.2) is 0 Å². The third-order valence-corrected chi connectivity index (χ3v) is 3.45. The summed E-state index contributed by atoms with van der Waals surface area (Å²) in [5, 5.41) is 12.2. The Kier molecular flexibility index (Phi) is 4.38. The molecule has 0 saturated heterocycles. The quantitative estimate of drug-likeness (QED) is 0.886. The van der Waals surface area contributed by atoms with Crippen LogP contribution in [0.3, 0.4) is 0 Å². The number of benzene rings is 2. The van der Waals surface area contributed by atoms with Gasteiger partial charge in [-0.1, -0.05) is 48.5 Å². The van der Waals surface area contributed by atoms with E-state index in [9.17, 15) is 14.7 Å². The highest BCUT2D eigenvalue weighted by Gasteiger charge is 2.37. The molecule has 0 aliphatic rings. The summed E-state index contributed by atoms with van der Waals surface area (Å²) in [5.74, 6) is -1.34. The molecule has 1 amide bonds. The van der Waals surface area contributed by atoms with Crippen molar-refractivity contribution in [1.29, 1.82) is 0 Å². The highest BCUT2D eigenvalue weighted by Crippen LogP contribution is 2.28. The Morgan fingerprint density at radius 3 is 2.05 bits per heavy atom. The van der Waals surface area contributed by atoms with Crippen molar-refractivity contribution in [3.8, 4) is 0 Å². The van der Waals surface area contributed by atoms with Gasteiger partial charge in [-0.05, 0) is 24.6 Å². The van der Waals surface area contributed by atoms with Crippen LogP contribution in [0.25, 0.3) is 0 Å². The van der Waals surface area contributed by atoms with Crippen LogP contribution in [0.1, 0.15) is 18.9 Å². The van der Waals surface area contributed by atoms with Gasteiger partial charge < -0.3 is 10.4 Å². The average Bonchev–Trinajstić information content (AvgIpc) is 2.48. The average molecular weight is 283 g/mol. The number of anilines is 1. The molecule has 2 N–H and O–H groups in total. The van der Waals surface area contributed by atoms with Gasteiger partial charge in [-0.2, -0.15) is 0 Å². The maximum absolute atomic E-state index is 12.1. The van der Waals surface area contributed by atoms with E-state index in [1.54, 1.807) is 43.3 Å². The maximum atomic E-state index is 12.1. The van der Waals surface area contributed by atoms with Crippen LogP contribution < -0.4 is 5.32 Å². The van der Waals surface area contributed by atoms with Crippen molar-refractivity contribution >= 4 is 17.6 Å². The molecule has 2 aromatic carbocycles. The number of hydrogen-bond donors (Lipinski definition) is 2. The first-order chi connectivity index (χ1) is 10.0. The minimum absolute atomic E-state index is 0.124. The van der Waals surface area contributed by atoms with Gasteiger partial charge in [-0.3, -0.25) is 9.59 Å². The monoisotopic (exact) mass is 283 g/mol. The topological polar surface area (TPSA) is 66.4 Å². The van der Waals surface area contributed by atoms with Crippen molar-refractivity contribution in [2.24, 2.45) is 0 Å². The summed E-state index contributed by atoms with van der Waals surface area (Å²) >= 11 is 0. The number of carboxylic acids is 1. The van der Waals surface area contributed by atoms with Crippen LogP contribution in [0.15, 0.2) is 60.7 Å². The standard InChI is InChI=1S/C17H17NO3/c1-17(16(20)21,13-8-4-2-5-9-13)12-15(19)18-14-10-6-3-7-11-14/h2-11H,12H2,1H3,(H,18,19)(H,20,21)/t17-/m1/s1. The summed E-state index contributed by atoms with van der Waals surface area (Å²) in [7, 11) is 0. The van der Waals surface area contributed by atoms with Crippen molar-refractivity contribution < 1.29 is 14.7 Å². The summed E-state index contributed by atoms with van der Waals surface area (Å²) in [6, 6.07) is 17.8. The lowest BCUT2D eigenvalue weighted by Crippen LogP contribution is -2.36. The fraction of sp³-hybridized carbons (Fsp3) is 0.176. The third kappa shape index (κ3) is 3.48. The molecule has 2 aromatic rings. The van der Waals surface area contributed by atoms with Crippen molar-refractivity contribution in [2.75, 3.05) is 5.32 Å². The number of carbonyl (C=O) groups is 2. The molecule has 108 valence electrons. The predicted molar refractivity (Wildman–Crippen MR) is 81.1 cm³/mol. The van der Waals surface area contributed by atoms with Crippen LogP contribution in [-0.2, 0) is 15.0 Å². The molecule has 0 heterocycles. The third-order valence-electron chi connectivity index (χ3n) is 3.45. The summed E-state index contributed by atoms with van der Waals surface area (Å²) < 4.78 is 0. The van der Waals surface area contributed by atoms with Crippen molar-refractivity contribution in [1.82, 2.24) is 0 Å². The van der Waals surface area contributed by atoms with Gasteiger partial charge in [0, 0.05) is 12.1 Å². The highest BCUT2D eigenvalue weighted by atomic mass is 16.4. The smallest absolute Gasteiger partial charge is 0.314 e. The lowest BCUT2D eigenvalue weighted by atomic mass is 9.79. The zero-order valence-electron chi connectivity index (χ0n) is 11.7. The summed E-state index contributed by atoms with van der Waals surface area (Å²) in [6.07, 6.45) is -0.124. The molecule has 2 rings (SSSR count). The van der Waals surface area contributed by atoms with Gasteiger partial charge in [0.25, 0.3) is 0 Å². The van der Waals surface area contributed by atoms with Gasteiger partial charge in [0.1, 0.15) is 0 Å². The molecule has 0 aliphatic heterocycles. The van der Waals surface area contributed by atoms with Crippen molar-refractivity contribution in [3.05, 3.63) is 66.2 Å². The predicted octanol–water partition coefficient (Wildman–Crippen LogP) is 3.06. The molecule has 0 saturated carbocycles. The number of aliphatic carboxylic acids is 1. The number of amides is 1. The van der Waals surface area contributed by atoms with E-state index in [-0.39, 0.29) is 12.3 Å². The fourth-order valence-electron chi connectivity index (χ4n) is 2.15. The molecule has 0 unspecified atom stereocenters. The van der Waals surface area contributed by atoms with Crippen LogP contribution in [0, 0.1) is 0 Å². The normalized spacial score (nSPS) is 13.2. The molecular formula is C17H17NO3. The Labute approximate surface area is 123 Å². The summed E-state index contributed by atoms with van der Waals surface area (Å²) in [4.78, 5) is 23.8. The van der Waals surface area contributed by atoms with E-state index in [0.29, 0.717) is 11.3 Å². The van der Waals surface area contributed by atoms with Crippen molar-refractivity contribution in [2.45, 2.75) is 18.8 Å². The van der Waals surface area contributed by atoms with Crippen LogP contribution in [-0.4, -0.2) is 17.0 Å². The van der Waals surface area contributed by atoms with Gasteiger partial charge in [0.15, 0.2) is 0 Å². The molecule has 1 atom stereocenters. The van der Waals surface area contributed by atoms with E-state index in [4.69, 9.17) is 0 Å². The van der Waals surface area contributed by atoms with E-state index in [0.717, 1.165) is 0 Å². The summed E-state index contributed by atoms with van der Waals surface area (Å²) in [5.41, 5.74) is 0.0177. The van der Waals surface area contributed by atoms with Gasteiger partial charge in [0.2, 0.25) is 5.91 Å². The number of carboxylic acid groups (broad SMARTS) is 1. The fourth-order valence-corrected chi connectivity index (χ4v) is 2.15. The highest BCUT2D eigenvalue weighted by molar-refractivity contribution is 5.96. The lowest BCUT2D eigenvalue weighted by molar-refractivity contribution is -0.145. The van der Waals surface area contributed by atoms with Crippen molar-refractivity contribution in [3.63, 3.8) is 0 Å². The number of rotatable bonds is 5. The second-order valence-corrected chi connectivity index (χ2v) is 5.09. The maximum Gasteiger partial charge on any atom is 0.314 e. The largest absolute Gasteiger partial charge is 0.481 e. The first-order valence-corrected chi connectivity index (χ1v) is 6.66. The second kappa shape index (κ2) is 6.22. The van der Waals surface area contributed by atoms with Crippen LogP contribution in [0.4, 0.5) is 5.69 Å². The van der Waals surface area contributed by atoms with E-state index < -0.39 is 11.4 Å². The molecule has 0 spiro atoms. The molecule has 4 nitrogen and oxygen atoms in total. The molecule has 0 aromatic heterocycles. The van der Waals surface area contributed by atoms with Gasteiger partial charge in [0.05, 0.1) is 5.41 Å². The molecule has 0 fully saturated rings. The molecule has 0 aliphatic carbocycles. The first kappa shape index (κ1) is 14.8. The first-order valence-electron chi connectivity index (χ1n) is 6.66. The summed E-state index contributed by atoms with van der Waals surface area (Å²) in [6.45, 7) is 1.56. The molecule has 21 heavy (non-hydrogen) atoms. The van der Waals surface area contributed by atoms with Crippen LogP contribution in [0.2, 0.25) is 0 Å². The Bertz CT molecular complexity index is 625. The van der Waals surface area contributed by atoms with E-state index in [1.807, 2.05) is 24.3 Å². The van der Waals surface area contributed by atoms with E-state index in [1.165, 1.54) is 0 Å². The number of nitrogens with one attached hydrogen (secondary N) is 1. The van der Waals surface area contributed by atoms with E-state index >= 15 is 0 Å². The zero-order valence-corrected chi connectivity index (χ0v) is 11.7. The van der Waals surface area contributed by atoms with Crippen LogP contribution >= 0.6 is 0 Å². The Balaban J connectivity index is 2.17. The molecule has 4 heteroatoms. The van der Waals surface area contributed by atoms with E-state index in [2.05, 4.69) is 5.32 Å². The number of hydrogen-bond acceptors (Lipinski definition) is 2. The molecule has 0 radical (unpaired) electrons. The zero-order chi connectivity index (χ0) is 15.3. The number of para-hydroxylation sites is 1. The van der Waals surface area contributed by atoms with Crippen LogP contribution in [0.5, 0.6) is 0 Å². The molecular weight excluding hydrogens is 266 g/mol. The second-order valence-electron chi connectivity index (χ2n) is 5.09. The Morgan fingerprint density at radius 1 is 1.00 bits per heavy atom. The Hall–Kier alpha value is -2.62.